The van der Waals surface area contributed by atoms with Gasteiger partial charge in [-0.15, -0.1) is 0 Å². The van der Waals surface area contributed by atoms with E-state index < -0.39 is 17.6 Å². The SMILES string of the molecule is O=C(N=CN(NCCc1cnc[nH]1)c1cccc(-c2ccccc2)c1)c1cccc(C(F)(F)F)c1. The summed E-state index contributed by atoms with van der Waals surface area (Å²) in [4.78, 5) is 23.5. The lowest BCUT2D eigenvalue weighted by molar-refractivity contribution is -0.137. The van der Waals surface area contributed by atoms with Crippen LogP contribution < -0.4 is 10.4 Å². The van der Waals surface area contributed by atoms with Crippen molar-refractivity contribution in [3.63, 3.8) is 0 Å². The Balaban J connectivity index is 1.57. The average molecular weight is 477 g/mol. The van der Waals surface area contributed by atoms with E-state index in [2.05, 4.69) is 20.4 Å². The molecule has 0 saturated carbocycles. The third kappa shape index (κ3) is 6.42. The van der Waals surface area contributed by atoms with Crippen LogP contribution in [-0.4, -0.2) is 28.8 Å². The summed E-state index contributed by atoms with van der Waals surface area (Å²) in [6, 6.07) is 21.6. The Bertz CT molecular complexity index is 1290. The van der Waals surface area contributed by atoms with Crippen LogP contribution in [0.3, 0.4) is 0 Å². The predicted octanol–water partition coefficient (Wildman–Crippen LogP) is 5.52. The van der Waals surface area contributed by atoms with Crippen LogP contribution in [0.1, 0.15) is 21.6 Å². The van der Waals surface area contributed by atoms with Crippen molar-refractivity contribution in [1.29, 1.82) is 0 Å². The molecule has 0 radical (unpaired) electrons. The van der Waals surface area contributed by atoms with Gasteiger partial charge in [0, 0.05) is 30.4 Å². The molecule has 178 valence electrons. The molecule has 0 aliphatic carbocycles. The molecular formula is C26H22F3N5O. The quantitative estimate of drug-likeness (QED) is 0.199. The number of amides is 1. The van der Waals surface area contributed by atoms with Crippen molar-refractivity contribution in [2.24, 2.45) is 4.99 Å². The fourth-order valence-corrected chi connectivity index (χ4v) is 3.41. The number of aromatic nitrogens is 2. The third-order valence-electron chi connectivity index (χ3n) is 5.19. The van der Waals surface area contributed by atoms with Crippen LogP contribution in [0.15, 0.2) is 96.4 Å². The first kappa shape index (κ1) is 23.9. The molecule has 0 spiro atoms. The Morgan fingerprint density at radius 1 is 1.00 bits per heavy atom. The number of hydrogen-bond acceptors (Lipinski definition) is 3. The summed E-state index contributed by atoms with van der Waals surface area (Å²) in [5, 5.41) is 1.58. The lowest BCUT2D eigenvalue weighted by Gasteiger charge is -2.21. The summed E-state index contributed by atoms with van der Waals surface area (Å²) in [7, 11) is 0. The van der Waals surface area contributed by atoms with Gasteiger partial charge < -0.3 is 4.98 Å². The van der Waals surface area contributed by atoms with Gasteiger partial charge in [0.15, 0.2) is 0 Å². The lowest BCUT2D eigenvalue weighted by atomic mass is 10.1. The number of H-pyrrole nitrogens is 1. The molecule has 0 saturated heterocycles. The van der Waals surface area contributed by atoms with Crippen molar-refractivity contribution in [2.75, 3.05) is 11.6 Å². The minimum absolute atomic E-state index is 0.147. The highest BCUT2D eigenvalue weighted by Gasteiger charge is 2.30. The number of alkyl halides is 3. The van der Waals surface area contributed by atoms with Gasteiger partial charge in [-0.05, 0) is 41.5 Å². The number of benzene rings is 3. The fraction of sp³-hybridized carbons (Fsp3) is 0.115. The number of anilines is 1. The molecule has 1 aromatic heterocycles. The number of hydrogen-bond donors (Lipinski definition) is 2. The second-order valence-electron chi connectivity index (χ2n) is 7.65. The Labute approximate surface area is 200 Å². The van der Waals surface area contributed by atoms with Crippen LogP contribution in [0, 0.1) is 0 Å². The molecule has 2 N–H and O–H groups in total. The van der Waals surface area contributed by atoms with Crippen LogP contribution in [-0.2, 0) is 12.6 Å². The highest BCUT2D eigenvalue weighted by molar-refractivity contribution is 6.01. The van der Waals surface area contributed by atoms with Gasteiger partial charge >= 0.3 is 6.18 Å². The number of carbonyl (C=O) groups excluding carboxylic acids is 1. The first-order chi connectivity index (χ1) is 16.9. The molecule has 4 aromatic rings. The van der Waals surface area contributed by atoms with Crippen molar-refractivity contribution < 1.29 is 18.0 Å². The Morgan fingerprint density at radius 2 is 1.77 bits per heavy atom. The minimum Gasteiger partial charge on any atom is -0.348 e. The maximum absolute atomic E-state index is 13.0. The Hall–Kier alpha value is -4.24. The van der Waals surface area contributed by atoms with Crippen LogP contribution >= 0.6 is 0 Å². The summed E-state index contributed by atoms with van der Waals surface area (Å²) >= 11 is 0. The maximum atomic E-state index is 13.0. The van der Waals surface area contributed by atoms with Gasteiger partial charge in [0.25, 0.3) is 5.91 Å². The fourth-order valence-electron chi connectivity index (χ4n) is 3.41. The topological polar surface area (TPSA) is 73.4 Å². The number of hydrazine groups is 1. The van der Waals surface area contributed by atoms with Crippen LogP contribution in [0.2, 0.25) is 0 Å². The van der Waals surface area contributed by atoms with E-state index in [-0.39, 0.29) is 5.56 Å². The molecule has 4 rings (SSSR count). The number of imidazole rings is 1. The molecule has 0 atom stereocenters. The normalized spacial score (nSPS) is 11.6. The molecule has 0 bridgehead atoms. The Morgan fingerprint density at radius 3 is 2.51 bits per heavy atom. The van der Waals surface area contributed by atoms with Crippen molar-refractivity contribution in [1.82, 2.24) is 15.4 Å². The summed E-state index contributed by atoms with van der Waals surface area (Å²) < 4.78 is 39.1. The average Bonchev–Trinajstić information content (AvgIpc) is 3.40. The van der Waals surface area contributed by atoms with Gasteiger partial charge in [-0.25, -0.2) is 10.4 Å². The third-order valence-corrected chi connectivity index (χ3v) is 5.19. The van der Waals surface area contributed by atoms with E-state index in [1.807, 2.05) is 54.6 Å². The molecule has 3 aromatic carbocycles. The highest BCUT2D eigenvalue weighted by atomic mass is 19.4. The second-order valence-corrected chi connectivity index (χ2v) is 7.65. The number of aliphatic imine (C=N–C) groups is 1. The number of aromatic amines is 1. The van der Waals surface area contributed by atoms with Gasteiger partial charge in [-0.1, -0.05) is 48.5 Å². The zero-order valence-corrected chi connectivity index (χ0v) is 18.5. The standard InChI is InChI=1S/C26H22F3N5O/c27-26(28,29)22-10-4-9-21(14-22)25(35)32-18-34(33-13-12-23-16-30-17-31-23)24-11-5-8-20(15-24)19-6-2-1-3-7-19/h1-11,14-18,33H,12-13H2,(H,30,31). The first-order valence-corrected chi connectivity index (χ1v) is 10.8. The van der Waals surface area contributed by atoms with Gasteiger partial charge in [-0.2, -0.15) is 18.2 Å². The second kappa shape index (κ2) is 10.8. The molecule has 35 heavy (non-hydrogen) atoms. The molecular weight excluding hydrogens is 455 g/mol. The number of nitrogens with one attached hydrogen (secondary N) is 2. The molecule has 1 heterocycles. The van der Waals surface area contributed by atoms with Crippen LogP contribution in [0.4, 0.5) is 18.9 Å². The smallest absolute Gasteiger partial charge is 0.348 e. The van der Waals surface area contributed by atoms with E-state index in [1.54, 1.807) is 17.5 Å². The summed E-state index contributed by atoms with van der Waals surface area (Å²) in [5.74, 6) is -0.782. The monoisotopic (exact) mass is 477 g/mol. The number of carbonyl (C=O) groups is 1. The van der Waals surface area contributed by atoms with Crippen molar-refractivity contribution in [3.8, 4) is 11.1 Å². The van der Waals surface area contributed by atoms with Crippen LogP contribution in [0.5, 0.6) is 0 Å². The van der Waals surface area contributed by atoms with E-state index in [0.717, 1.165) is 29.0 Å². The zero-order chi connectivity index (χ0) is 24.7. The largest absolute Gasteiger partial charge is 0.416 e. The zero-order valence-electron chi connectivity index (χ0n) is 18.5. The van der Waals surface area contributed by atoms with Gasteiger partial charge in [0.2, 0.25) is 0 Å². The molecule has 9 heteroatoms. The van der Waals surface area contributed by atoms with Crippen molar-refractivity contribution >= 4 is 17.9 Å². The van der Waals surface area contributed by atoms with E-state index in [9.17, 15) is 18.0 Å². The summed E-state index contributed by atoms with van der Waals surface area (Å²) in [5.41, 5.74) is 5.76. The minimum atomic E-state index is -4.54. The summed E-state index contributed by atoms with van der Waals surface area (Å²) in [6.45, 7) is 0.488. The van der Waals surface area contributed by atoms with E-state index in [4.69, 9.17) is 0 Å². The molecule has 0 aliphatic rings. The van der Waals surface area contributed by atoms with Gasteiger partial charge in [-0.3, -0.25) is 9.80 Å². The lowest BCUT2D eigenvalue weighted by Crippen LogP contribution is -2.38. The van der Waals surface area contributed by atoms with E-state index >= 15 is 0 Å². The number of nitrogens with zero attached hydrogens (tertiary/aromatic N) is 3. The van der Waals surface area contributed by atoms with Crippen LogP contribution in [0.25, 0.3) is 11.1 Å². The molecule has 0 unspecified atom stereocenters. The number of halogens is 3. The van der Waals surface area contributed by atoms with Crippen molar-refractivity contribution in [2.45, 2.75) is 12.6 Å². The number of rotatable bonds is 8. The highest BCUT2D eigenvalue weighted by Crippen LogP contribution is 2.29. The summed E-state index contributed by atoms with van der Waals surface area (Å²) in [6.07, 6.45) is 0.668. The van der Waals surface area contributed by atoms with E-state index in [1.165, 1.54) is 18.5 Å². The Kier molecular flexibility index (Phi) is 7.37. The maximum Gasteiger partial charge on any atom is 0.416 e. The van der Waals surface area contributed by atoms with Crippen molar-refractivity contribution in [3.05, 3.63) is 108 Å². The predicted molar refractivity (Wildman–Crippen MR) is 129 cm³/mol. The molecule has 0 fully saturated rings. The van der Waals surface area contributed by atoms with Gasteiger partial charge in [0.05, 0.1) is 17.6 Å². The molecule has 1 amide bonds. The molecule has 0 aliphatic heterocycles. The van der Waals surface area contributed by atoms with E-state index in [0.29, 0.717) is 18.7 Å². The van der Waals surface area contributed by atoms with Gasteiger partial charge in [0.1, 0.15) is 6.34 Å². The first-order valence-electron chi connectivity index (χ1n) is 10.8. The molecule has 6 nitrogen and oxygen atoms in total.